The number of halogens is 2. The quantitative estimate of drug-likeness (QED) is 0.296. The van der Waals surface area contributed by atoms with Crippen LogP contribution in [0, 0.1) is 0 Å². The average Bonchev–Trinajstić information content (AvgIpc) is 3.23. The van der Waals surface area contributed by atoms with Crippen LogP contribution in [0.4, 0.5) is 14.5 Å². The molecular formula is C26H34F2N4O5. The van der Waals surface area contributed by atoms with Crippen LogP contribution in [0.5, 0.6) is 0 Å². The number of piperidine rings is 1. The first-order valence-corrected chi connectivity index (χ1v) is 12.6. The molecule has 37 heavy (non-hydrogen) atoms. The van der Waals surface area contributed by atoms with E-state index in [2.05, 4.69) is 10.6 Å². The lowest BCUT2D eigenvalue weighted by molar-refractivity contribution is -0.129. The van der Waals surface area contributed by atoms with Crippen molar-refractivity contribution in [3.05, 3.63) is 64.7 Å². The van der Waals surface area contributed by atoms with E-state index in [4.69, 9.17) is 4.74 Å². The van der Waals surface area contributed by atoms with E-state index >= 15 is 8.78 Å². The predicted molar refractivity (Wildman–Crippen MR) is 131 cm³/mol. The van der Waals surface area contributed by atoms with E-state index in [-0.39, 0.29) is 18.2 Å². The normalized spacial score (nSPS) is 27.8. The van der Waals surface area contributed by atoms with E-state index in [0.717, 1.165) is 5.56 Å². The van der Waals surface area contributed by atoms with Gasteiger partial charge in [-0.2, -0.15) is 8.78 Å². The molecule has 0 radical (unpaired) electrons. The van der Waals surface area contributed by atoms with Gasteiger partial charge in [0.25, 0.3) is 0 Å². The van der Waals surface area contributed by atoms with Gasteiger partial charge in [0.2, 0.25) is 0 Å². The summed E-state index contributed by atoms with van der Waals surface area (Å²) in [6.07, 6.45) is -3.80. The third kappa shape index (κ3) is 5.50. The lowest BCUT2D eigenvalue weighted by Crippen LogP contribution is -2.56. The molecule has 0 saturated carbocycles. The SMILES string of the molecule is OC1N[C@@H](O)CCC1N1Cc2cc(CNC(O)C(F)(F)c3cccc(N4CCOCC4)c3)ccc2[C@@H]1O. The summed E-state index contributed by atoms with van der Waals surface area (Å²) in [4.78, 5) is 3.74. The van der Waals surface area contributed by atoms with Crippen LogP contribution in [0.3, 0.4) is 0 Å². The van der Waals surface area contributed by atoms with Gasteiger partial charge in [-0.1, -0.05) is 30.3 Å². The van der Waals surface area contributed by atoms with Crippen molar-refractivity contribution in [1.29, 1.82) is 0 Å². The van der Waals surface area contributed by atoms with Crippen molar-refractivity contribution in [2.45, 2.75) is 62.8 Å². The number of nitrogens with one attached hydrogen (secondary N) is 2. The van der Waals surface area contributed by atoms with Crippen LogP contribution >= 0.6 is 0 Å². The Balaban J connectivity index is 1.22. The van der Waals surface area contributed by atoms with E-state index in [1.54, 1.807) is 29.2 Å². The molecule has 3 aliphatic heterocycles. The summed E-state index contributed by atoms with van der Waals surface area (Å²) in [5, 5.41) is 46.4. The number of fused-ring (bicyclic) bond motifs is 1. The third-order valence-electron chi connectivity index (χ3n) is 7.49. The minimum Gasteiger partial charge on any atom is -0.379 e. The van der Waals surface area contributed by atoms with Gasteiger partial charge < -0.3 is 30.1 Å². The maximum absolute atomic E-state index is 15.1. The van der Waals surface area contributed by atoms with Gasteiger partial charge in [-0.25, -0.2) is 0 Å². The monoisotopic (exact) mass is 520 g/mol. The summed E-state index contributed by atoms with van der Waals surface area (Å²) in [6.45, 7) is 2.71. The first-order chi connectivity index (χ1) is 17.7. The topological polar surface area (TPSA) is 121 Å². The van der Waals surface area contributed by atoms with Gasteiger partial charge in [-0.3, -0.25) is 15.5 Å². The Morgan fingerprint density at radius 1 is 1.08 bits per heavy atom. The number of hydrogen-bond acceptors (Lipinski definition) is 9. The molecule has 5 rings (SSSR count). The van der Waals surface area contributed by atoms with Crippen LogP contribution in [0.15, 0.2) is 42.5 Å². The zero-order valence-electron chi connectivity index (χ0n) is 20.4. The second-order valence-corrected chi connectivity index (χ2v) is 9.91. The Kier molecular flexibility index (Phi) is 7.75. The molecule has 0 aliphatic carbocycles. The maximum atomic E-state index is 15.1. The molecule has 6 N–H and O–H groups in total. The number of benzene rings is 2. The number of anilines is 1. The van der Waals surface area contributed by atoms with Gasteiger partial charge >= 0.3 is 5.92 Å². The van der Waals surface area contributed by atoms with Crippen LogP contribution in [0.2, 0.25) is 0 Å². The molecule has 3 aliphatic rings. The Morgan fingerprint density at radius 3 is 2.62 bits per heavy atom. The molecule has 3 heterocycles. The number of hydrogen-bond donors (Lipinski definition) is 6. The Bertz CT molecular complexity index is 1090. The lowest BCUT2D eigenvalue weighted by Gasteiger charge is -2.39. The van der Waals surface area contributed by atoms with Crippen LogP contribution in [0.1, 0.15) is 41.3 Å². The van der Waals surface area contributed by atoms with E-state index in [1.165, 1.54) is 12.1 Å². The minimum atomic E-state index is -3.51. The van der Waals surface area contributed by atoms with Crippen molar-refractivity contribution in [2.75, 3.05) is 31.2 Å². The summed E-state index contributed by atoms with van der Waals surface area (Å²) < 4.78 is 35.6. The molecule has 2 saturated heterocycles. The number of alkyl halides is 2. The van der Waals surface area contributed by atoms with Crippen molar-refractivity contribution in [3.63, 3.8) is 0 Å². The van der Waals surface area contributed by atoms with Crippen LogP contribution in [-0.2, 0) is 23.7 Å². The fourth-order valence-corrected chi connectivity index (χ4v) is 5.38. The number of rotatable bonds is 7. The molecule has 5 atom stereocenters. The summed E-state index contributed by atoms with van der Waals surface area (Å²) in [7, 11) is 0. The van der Waals surface area contributed by atoms with Gasteiger partial charge in [-0.05, 0) is 41.7 Å². The maximum Gasteiger partial charge on any atom is 0.311 e. The van der Waals surface area contributed by atoms with Gasteiger partial charge in [0.15, 0.2) is 6.23 Å². The van der Waals surface area contributed by atoms with Crippen molar-refractivity contribution in [1.82, 2.24) is 15.5 Å². The molecule has 2 fully saturated rings. The first kappa shape index (κ1) is 26.4. The second kappa shape index (κ2) is 10.9. The van der Waals surface area contributed by atoms with Crippen molar-refractivity contribution >= 4 is 5.69 Å². The molecule has 0 bridgehead atoms. The summed E-state index contributed by atoms with van der Waals surface area (Å²) >= 11 is 0. The smallest absolute Gasteiger partial charge is 0.311 e. The molecule has 2 aromatic rings. The Hall–Kier alpha value is -2.22. The molecule has 9 nitrogen and oxygen atoms in total. The highest BCUT2D eigenvalue weighted by atomic mass is 19.3. The zero-order valence-corrected chi connectivity index (χ0v) is 20.4. The standard InChI is InChI=1S/C26H34F2N4O5/c27-26(28,18-2-1-3-19(13-18)31-8-10-37-11-9-31)25(36)29-14-16-4-5-20-17(12-16)15-32(24(20)35)21-6-7-22(33)30-23(21)34/h1-5,12-13,21-25,29-30,33-36H,6-11,14-15H2/t21?,22-,23?,24-,25?/m0/s1. The van der Waals surface area contributed by atoms with E-state index in [1.807, 2.05) is 11.0 Å². The van der Waals surface area contributed by atoms with Gasteiger partial charge in [0.1, 0.15) is 18.7 Å². The molecule has 202 valence electrons. The lowest BCUT2D eigenvalue weighted by atomic mass is 10.0. The fraction of sp³-hybridized carbons (Fsp3) is 0.538. The highest BCUT2D eigenvalue weighted by Gasteiger charge is 2.41. The predicted octanol–water partition coefficient (Wildman–Crippen LogP) is 0.918. The Labute approximate surface area is 214 Å². The summed E-state index contributed by atoms with van der Waals surface area (Å²) in [5.41, 5.74) is 2.59. The van der Waals surface area contributed by atoms with Crippen LogP contribution in [-0.4, -0.2) is 76.4 Å². The molecular weight excluding hydrogens is 486 g/mol. The molecule has 0 spiro atoms. The van der Waals surface area contributed by atoms with Crippen LogP contribution < -0.4 is 15.5 Å². The highest BCUT2D eigenvalue weighted by molar-refractivity contribution is 5.50. The van der Waals surface area contributed by atoms with Crippen molar-refractivity contribution < 1.29 is 33.9 Å². The summed E-state index contributed by atoms with van der Waals surface area (Å²) in [5.74, 6) is -3.51. The molecule has 3 unspecified atom stereocenters. The van der Waals surface area contributed by atoms with E-state index in [0.29, 0.717) is 62.5 Å². The first-order valence-electron chi connectivity index (χ1n) is 12.6. The van der Waals surface area contributed by atoms with Crippen molar-refractivity contribution in [3.8, 4) is 0 Å². The fourth-order valence-electron chi connectivity index (χ4n) is 5.38. The summed E-state index contributed by atoms with van der Waals surface area (Å²) in [6, 6.07) is 11.0. The van der Waals surface area contributed by atoms with Gasteiger partial charge in [-0.15, -0.1) is 0 Å². The van der Waals surface area contributed by atoms with Crippen molar-refractivity contribution in [2.24, 2.45) is 0 Å². The number of aliphatic hydroxyl groups excluding tert-OH is 4. The highest BCUT2D eigenvalue weighted by Crippen LogP contribution is 2.37. The largest absolute Gasteiger partial charge is 0.379 e. The number of aliphatic hydroxyl groups is 4. The molecule has 0 amide bonds. The minimum absolute atomic E-state index is 0.00306. The second-order valence-electron chi connectivity index (χ2n) is 9.91. The Morgan fingerprint density at radius 2 is 1.86 bits per heavy atom. The average molecular weight is 521 g/mol. The molecule has 0 aromatic heterocycles. The van der Waals surface area contributed by atoms with E-state index < -0.39 is 30.8 Å². The van der Waals surface area contributed by atoms with Gasteiger partial charge in [0, 0.05) is 37.4 Å². The molecule has 2 aromatic carbocycles. The number of ether oxygens (including phenoxy) is 1. The van der Waals surface area contributed by atoms with Gasteiger partial charge in [0.05, 0.1) is 19.3 Å². The van der Waals surface area contributed by atoms with E-state index in [9.17, 15) is 20.4 Å². The van der Waals surface area contributed by atoms with Crippen LogP contribution in [0.25, 0.3) is 0 Å². The number of morpholine rings is 1. The molecule has 11 heteroatoms. The number of nitrogens with zero attached hydrogens (tertiary/aromatic N) is 2. The third-order valence-corrected chi connectivity index (χ3v) is 7.49. The zero-order chi connectivity index (χ0) is 26.2.